The Labute approximate surface area is 178 Å². The summed E-state index contributed by atoms with van der Waals surface area (Å²) < 4.78 is 17.6. The molecule has 6 heteroatoms. The smallest absolute Gasteiger partial charge is 0.340 e. The summed E-state index contributed by atoms with van der Waals surface area (Å²) in [5, 5.41) is 2.84. The molecule has 0 bridgehead atoms. The molecule has 0 radical (unpaired) electrons. The van der Waals surface area contributed by atoms with E-state index >= 15 is 0 Å². The van der Waals surface area contributed by atoms with Crippen molar-refractivity contribution in [1.29, 1.82) is 0 Å². The Morgan fingerprint density at radius 3 is 2.30 bits per heavy atom. The van der Waals surface area contributed by atoms with Crippen LogP contribution in [-0.2, 0) is 20.3 Å². The quantitative estimate of drug-likeness (QED) is 0.563. The Balaban J connectivity index is 1.74. The molecule has 3 rings (SSSR count). The maximum Gasteiger partial charge on any atom is 0.340 e. The van der Waals surface area contributed by atoms with Gasteiger partial charge in [-0.3, -0.25) is 9.00 Å². The lowest BCUT2D eigenvalue weighted by Crippen LogP contribution is -2.30. The van der Waals surface area contributed by atoms with Crippen molar-refractivity contribution in [1.82, 2.24) is 0 Å². The molecule has 2 atom stereocenters. The Hall–Kier alpha value is -3.25. The number of carbonyl (C=O) groups excluding carboxylic acids is 2. The molecule has 3 aromatic rings. The highest BCUT2D eigenvalue weighted by molar-refractivity contribution is 7.85. The number of para-hydroxylation sites is 1. The minimum atomic E-state index is -1.31. The maximum atomic E-state index is 12.7. The number of anilines is 1. The van der Waals surface area contributed by atoms with Gasteiger partial charge in [0.05, 0.1) is 21.3 Å². The molecule has 5 nitrogen and oxygen atoms in total. The number of rotatable bonds is 7. The van der Waals surface area contributed by atoms with E-state index in [2.05, 4.69) is 5.32 Å². The highest BCUT2D eigenvalue weighted by Gasteiger charge is 2.22. The fourth-order valence-electron chi connectivity index (χ4n) is 2.96. The molecule has 0 saturated heterocycles. The Morgan fingerprint density at radius 2 is 1.57 bits per heavy atom. The van der Waals surface area contributed by atoms with Crippen LogP contribution in [0.3, 0.4) is 0 Å². The van der Waals surface area contributed by atoms with E-state index in [1.54, 1.807) is 37.3 Å². The van der Waals surface area contributed by atoms with Crippen LogP contribution in [0, 0.1) is 0 Å². The zero-order valence-electron chi connectivity index (χ0n) is 16.8. The van der Waals surface area contributed by atoms with Gasteiger partial charge >= 0.3 is 5.97 Å². The first-order valence-electron chi connectivity index (χ1n) is 9.65. The number of amides is 1. The minimum absolute atomic E-state index is 0.210. The molecular weight excluding hydrogens is 398 g/mol. The summed E-state index contributed by atoms with van der Waals surface area (Å²) in [5.74, 6) is -0.733. The van der Waals surface area contributed by atoms with E-state index in [4.69, 9.17) is 4.74 Å². The second kappa shape index (κ2) is 9.98. The average Bonchev–Trinajstić information content (AvgIpc) is 2.79. The van der Waals surface area contributed by atoms with Crippen LogP contribution in [0.4, 0.5) is 5.69 Å². The molecule has 0 aliphatic rings. The molecule has 0 aliphatic heterocycles. The van der Waals surface area contributed by atoms with Crippen molar-refractivity contribution < 1.29 is 18.5 Å². The Morgan fingerprint density at radius 1 is 0.933 bits per heavy atom. The predicted octanol–water partition coefficient (Wildman–Crippen LogP) is 4.67. The van der Waals surface area contributed by atoms with Crippen LogP contribution in [0.1, 0.15) is 24.2 Å². The molecule has 30 heavy (non-hydrogen) atoms. The molecule has 154 valence electrons. The monoisotopic (exact) mass is 421 g/mol. The van der Waals surface area contributed by atoms with Crippen molar-refractivity contribution in [2.24, 2.45) is 0 Å². The van der Waals surface area contributed by atoms with Crippen molar-refractivity contribution in [3.05, 3.63) is 84.4 Å². The lowest BCUT2D eigenvalue weighted by Gasteiger charge is -2.16. The highest BCUT2D eigenvalue weighted by atomic mass is 32.2. The molecule has 1 amide bonds. The normalized spacial score (nSPS) is 12.6. The van der Waals surface area contributed by atoms with Crippen LogP contribution >= 0.6 is 0 Å². The van der Waals surface area contributed by atoms with Gasteiger partial charge < -0.3 is 10.1 Å². The van der Waals surface area contributed by atoms with Crippen molar-refractivity contribution in [2.75, 3.05) is 11.1 Å². The number of hydrogen-bond acceptors (Lipinski definition) is 4. The van der Waals surface area contributed by atoms with Gasteiger partial charge in [-0.05, 0) is 30.7 Å². The van der Waals surface area contributed by atoms with Crippen LogP contribution in [0.25, 0.3) is 11.1 Å². The summed E-state index contributed by atoms with van der Waals surface area (Å²) in [7, 11) is -1.31. The van der Waals surface area contributed by atoms with Gasteiger partial charge in [-0.1, -0.05) is 67.6 Å². The summed E-state index contributed by atoms with van der Waals surface area (Å²) in [6.07, 6.45) is -1.02. The number of esters is 1. The third kappa shape index (κ3) is 5.02. The largest absolute Gasteiger partial charge is 0.449 e. The maximum absolute atomic E-state index is 12.7. The predicted molar refractivity (Wildman–Crippen MR) is 119 cm³/mol. The second-order valence-electron chi connectivity index (χ2n) is 6.58. The number of hydrogen-bond donors (Lipinski definition) is 1. The van der Waals surface area contributed by atoms with E-state index in [1.807, 2.05) is 48.5 Å². The zero-order chi connectivity index (χ0) is 21.5. The van der Waals surface area contributed by atoms with E-state index in [1.165, 1.54) is 6.92 Å². The van der Waals surface area contributed by atoms with Gasteiger partial charge in [0.2, 0.25) is 0 Å². The first kappa shape index (κ1) is 21.5. The molecular formula is C24H23NO4S. The SMILES string of the molecule is CC[S@@](=O)c1ccccc1C(=O)O[C@H](C)C(=O)Nc1ccccc1-c1ccccc1. The summed E-state index contributed by atoms with van der Waals surface area (Å²) in [6.45, 7) is 3.29. The summed E-state index contributed by atoms with van der Waals surface area (Å²) in [5.41, 5.74) is 2.67. The third-order valence-electron chi connectivity index (χ3n) is 4.54. The van der Waals surface area contributed by atoms with E-state index in [9.17, 15) is 13.8 Å². The van der Waals surface area contributed by atoms with E-state index in [0.717, 1.165) is 11.1 Å². The van der Waals surface area contributed by atoms with Gasteiger partial charge in [-0.15, -0.1) is 0 Å². The number of benzene rings is 3. The lowest BCUT2D eigenvalue weighted by atomic mass is 10.0. The number of ether oxygens (including phenoxy) is 1. The molecule has 0 unspecified atom stereocenters. The first-order chi connectivity index (χ1) is 14.5. The average molecular weight is 422 g/mol. The molecule has 0 aromatic heterocycles. The topological polar surface area (TPSA) is 72.5 Å². The van der Waals surface area contributed by atoms with E-state index in [0.29, 0.717) is 16.3 Å². The summed E-state index contributed by atoms with van der Waals surface area (Å²) >= 11 is 0. The van der Waals surface area contributed by atoms with Crippen LogP contribution < -0.4 is 5.32 Å². The van der Waals surface area contributed by atoms with Gasteiger partial charge in [-0.2, -0.15) is 0 Å². The fraction of sp³-hybridized carbons (Fsp3) is 0.167. The lowest BCUT2D eigenvalue weighted by molar-refractivity contribution is -0.123. The van der Waals surface area contributed by atoms with Crippen molar-refractivity contribution in [3.63, 3.8) is 0 Å². The molecule has 0 saturated carbocycles. The minimum Gasteiger partial charge on any atom is -0.449 e. The molecule has 3 aromatic carbocycles. The second-order valence-corrected chi connectivity index (χ2v) is 8.29. The fourth-order valence-corrected chi connectivity index (χ4v) is 3.90. The van der Waals surface area contributed by atoms with Gasteiger partial charge in [0.15, 0.2) is 6.10 Å². The van der Waals surface area contributed by atoms with Crippen LogP contribution in [0.2, 0.25) is 0 Å². The van der Waals surface area contributed by atoms with Gasteiger partial charge in [-0.25, -0.2) is 4.79 Å². The van der Waals surface area contributed by atoms with Crippen molar-refractivity contribution in [2.45, 2.75) is 24.8 Å². The summed E-state index contributed by atoms with van der Waals surface area (Å²) in [4.78, 5) is 25.7. The number of nitrogens with one attached hydrogen (secondary N) is 1. The van der Waals surface area contributed by atoms with Crippen LogP contribution in [0.15, 0.2) is 83.8 Å². The molecule has 0 fully saturated rings. The molecule has 0 aliphatic carbocycles. The Kier molecular flexibility index (Phi) is 7.14. The van der Waals surface area contributed by atoms with Gasteiger partial charge in [0.25, 0.3) is 5.91 Å². The van der Waals surface area contributed by atoms with E-state index in [-0.39, 0.29) is 5.56 Å². The first-order valence-corrected chi connectivity index (χ1v) is 11.0. The summed E-state index contributed by atoms with van der Waals surface area (Å²) in [6, 6.07) is 23.7. The van der Waals surface area contributed by atoms with E-state index < -0.39 is 28.8 Å². The Bertz CT molecular complexity index is 1070. The van der Waals surface area contributed by atoms with Crippen molar-refractivity contribution in [3.8, 4) is 11.1 Å². The standard InChI is InChI=1S/C24H23NO4S/c1-3-30(28)22-16-10-8-14-20(22)24(27)29-17(2)23(26)25-21-15-9-7-13-19(21)18-11-5-4-6-12-18/h4-17H,3H2,1-2H3,(H,25,26)/t17-,30-/m1/s1. The van der Waals surface area contributed by atoms with Crippen LogP contribution in [0.5, 0.6) is 0 Å². The van der Waals surface area contributed by atoms with Gasteiger partial charge in [0.1, 0.15) is 0 Å². The number of carbonyl (C=O) groups is 2. The van der Waals surface area contributed by atoms with Crippen LogP contribution in [-0.4, -0.2) is 27.9 Å². The molecule has 0 spiro atoms. The highest BCUT2D eigenvalue weighted by Crippen LogP contribution is 2.27. The third-order valence-corrected chi connectivity index (χ3v) is 5.91. The van der Waals surface area contributed by atoms with Gasteiger partial charge in [0, 0.05) is 17.0 Å². The zero-order valence-corrected chi connectivity index (χ0v) is 17.6. The van der Waals surface area contributed by atoms with Crippen molar-refractivity contribution >= 4 is 28.4 Å². The molecule has 1 N–H and O–H groups in total. The molecule has 0 heterocycles.